The zero-order valence-corrected chi connectivity index (χ0v) is 15.1. The van der Waals surface area contributed by atoms with E-state index in [1.165, 1.54) is 12.1 Å². The van der Waals surface area contributed by atoms with Crippen molar-refractivity contribution in [3.8, 4) is 0 Å². The average Bonchev–Trinajstić information content (AvgIpc) is 2.37. The van der Waals surface area contributed by atoms with E-state index in [-0.39, 0.29) is 36.4 Å². The van der Waals surface area contributed by atoms with Crippen molar-refractivity contribution in [1.82, 2.24) is 10.2 Å². The van der Waals surface area contributed by atoms with Crippen LogP contribution in [0.2, 0.25) is 0 Å². The lowest BCUT2D eigenvalue weighted by Gasteiger charge is -2.35. The molecule has 1 fully saturated rings. The van der Waals surface area contributed by atoms with Crippen LogP contribution in [-0.4, -0.2) is 31.1 Å². The summed E-state index contributed by atoms with van der Waals surface area (Å²) in [6, 6.07) is 2.53. The number of piperazine rings is 1. The zero-order valence-electron chi connectivity index (χ0n) is 11.9. The maximum atomic E-state index is 14.1. The number of nitrogens with one attached hydrogen (secondary N) is 1. The highest BCUT2D eigenvalue weighted by Crippen LogP contribution is 2.32. The van der Waals surface area contributed by atoms with E-state index in [1.807, 2.05) is 6.92 Å². The monoisotopic (exact) mass is 404 g/mol. The van der Waals surface area contributed by atoms with Gasteiger partial charge in [-0.1, -0.05) is 29.3 Å². The first kappa shape index (κ1) is 21.1. The molecule has 1 aromatic rings. The summed E-state index contributed by atoms with van der Waals surface area (Å²) in [6.07, 6.45) is 1.68. The summed E-state index contributed by atoms with van der Waals surface area (Å²) in [5.74, 6) is -0.910. The molecule has 1 aromatic carbocycles. The lowest BCUT2D eigenvalue weighted by atomic mass is 9.98. The van der Waals surface area contributed by atoms with Crippen molar-refractivity contribution in [2.75, 3.05) is 26.2 Å². The molecule has 1 saturated heterocycles. The maximum absolute atomic E-state index is 14.1. The predicted molar refractivity (Wildman–Crippen MR) is 90.6 cm³/mol. The summed E-state index contributed by atoms with van der Waals surface area (Å²) < 4.78 is 28.7. The van der Waals surface area contributed by atoms with Crippen LogP contribution in [0.1, 0.15) is 31.4 Å². The molecule has 1 N–H and O–H groups in total. The summed E-state index contributed by atoms with van der Waals surface area (Å²) in [5, 5.41) is 3.26. The third kappa shape index (κ3) is 5.32. The van der Waals surface area contributed by atoms with Crippen molar-refractivity contribution in [2.45, 2.75) is 25.8 Å². The fourth-order valence-corrected chi connectivity index (χ4v) is 3.05. The fraction of sp³-hybridized carbons (Fsp3) is 0.571. The number of nitrogens with zero attached hydrogens (tertiary/aromatic N) is 1. The van der Waals surface area contributed by atoms with Gasteiger partial charge in [0.2, 0.25) is 0 Å². The third-order valence-electron chi connectivity index (χ3n) is 3.53. The van der Waals surface area contributed by atoms with E-state index in [4.69, 9.17) is 0 Å². The van der Waals surface area contributed by atoms with E-state index in [1.54, 1.807) is 0 Å². The van der Waals surface area contributed by atoms with Crippen molar-refractivity contribution in [3.63, 3.8) is 0 Å². The summed E-state index contributed by atoms with van der Waals surface area (Å²) in [7, 11) is 0. The van der Waals surface area contributed by atoms with Crippen LogP contribution in [-0.2, 0) is 0 Å². The van der Waals surface area contributed by atoms with Crippen molar-refractivity contribution in [3.05, 3.63) is 33.8 Å². The number of benzene rings is 1. The minimum Gasteiger partial charge on any atom is -0.314 e. The van der Waals surface area contributed by atoms with Gasteiger partial charge < -0.3 is 5.32 Å². The smallest absolute Gasteiger partial charge is 0.132 e. The molecule has 2 rings (SSSR count). The van der Waals surface area contributed by atoms with Gasteiger partial charge in [-0.3, -0.25) is 4.90 Å². The highest BCUT2D eigenvalue weighted by atomic mass is 79.9. The Morgan fingerprint density at radius 1 is 1.19 bits per heavy atom. The van der Waals surface area contributed by atoms with Gasteiger partial charge in [0.05, 0.1) is 0 Å². The van der Waals surface area contributed by atoms with E-state index in [0.717, 1.165) is 39.0 Å². The summed E-state index contributed by atoms with van der Waals surface area (Å²) in [6.45, 7) is 5.46. The molecule has 0 amide bonds. The highest BCUT2D eigenvalue weighted by Gasteiger charge is 2.27. The molecule has 0 spiro atoms. The van der Waals surface area contributed by atoms with E-state index in [0.29, 0.717) is 4.47 Å². The summed E-state index contributed by atoms with van der Waals surface area (Å²) in [5.41, 5.74) is 0.215. The molecule has 0 aliphatic carbocycles. The van der Waals surface area contributed by atoms with Crippen LogP contribution in [0.15, 0.2) is 16.6 Å². The van der Waals surface area contributed by atoms with E-state index < -0.39 is 11.6 Å². The first-order valence-electron chi connectivity index (χ1n) is 6.72. The summed E-state index contributed by atoms with van der Waals surface area (Å²) in [4.78, 5) is 2.18. The van der Waals surface area contributed by atoms with Crippen molar-refractivity contribution in [1.29, 1.82) is 0 Å². The van der Waals surface area contributed by atoms with Crippen LogP contribution in [0.3, 0.4) is 0 Å². The van der Waals surface area contributed by atoms with Gasteiger partial charge in [0.1, 0.15) is 11.6 Å². The van der Waals surface area contributed by atoms with Crippen molar-refractivity contribution >= 4 is 40.7 Å². The molecule has 0 unspecified atom stereocenters. The SMILES string of the molecule is CCC[C@@H](c1c(F)cc(Br)cc1F)N1CCNCC1.Cl.Cl. The van der Waals surface area contributed by atoms with E-state index in [2.05, 4.69) is 26.1 Å². The molecule has 1 aliphatic rings. The van der Waals surface area contributed by atoms with Crippen LogP contribution in [0.5, 0.6) is 0 Å². The first-order chi connectivity index (χ1) is 9.13. The molecular formula is C14H21BrCl2F2N2. The van der Waals surface area contributed by atoms with Crippen LogP contribution in [0, 0.1) is 11.6 Å². The van der Waals surface area contributed by atoms with Crippen molar-refractivity contribution < 1.29 is 8.78 Å². The molecular weight excluding hydrogens is 385 g/mol. The average molecular weight is 406 g/mol. The Labute approximate surface area is 145 Å². The van der Waals surface area contributed by atoms with Gasteiger partial charge in [0, 0.05) is 42.3 Å². The molecule has 21 heavy (non-hydrogen) atoms. The zero-order chi connectivity index (χ0) is 13.8. The standard InChI is InChI=1S/C14H19BrF2N2.2ClH/c1-2-3-13(19-6-4-18-5-7-19)14-11(16)8-10(15)9-12(14)17;;/h8-9,13,18H,2-7H2,1H3;2*1H/t13-;;/m0../s1. The van der Waals surface area contributed by atoms with Crippen LogP contribution in [0.4, 0.5) is 8.78 Å². The highest BCUT2D eigenvalue weighted by molar-refractivity contribution is 9.10. The van der Waals surface area contributed by atoms with Crippen molar-refractivity contribution in [2.24, 2.45) is 0 Å². The fourth-order valence-electron chi connectivity index (χ4n) is 2.65. The van der Waals surface area contributed by atoms with Gasteiger partial charge in [-0.2, -0.15) is 0 Å². The summed E-state index contributed by atoms with van der Waals surface area (Å²) >= 11 is 3.13. The number of halogens is 5. The quantitative estimate of drug-likeness (QED) is 0.802. The molecule has 0 radical (unpaired) electrons. The van der Waals surface area contributed by atoms with Gasteiger partial charge in [0.15, 0.2) is 0 Å². The minimum atomic E-state index is -0.455. The topological polar surface area (TPSA) is 15.3 Å². The van der Waals surface area contributed by atoms with E-state index >= 15 is 0 Å². The second-order valence-electron chi connectivity index (χ2n) is 4.87. The number of rotatable bonds is 4. The maximum Gasteiger partial charge on any atom is 0.132 e. The van der Waals surface area contributed by atoms with Crippen LogP contribution in [0.25, 0.3) is 0 Å². The molecule has 0 saturated carbocycles. The van der Waals surface area contributed by atoms with Gasteiger partial charge in [-0.05, 0) is 18.6 Å². The van der Waals surface area contributed by atoms with Crippen LogP contribution >= 0.6 is 40.7 Å². The number of hydrogen-bond acceptors (Lipinski definition) is 2. The predicted octanol–water partition coefficient (Wildman–Crippen LogP) is 4.32. The lowest BCUT2D eigenvalue weighted by molar-refractivity contribution is 0.158. The molecule has 0 bridgehead atoms. The second kappa shape index (κ2) is 9.95. The molecule has 2 nitrogen and oxygen atoms in total. The minimum absolute atomic E-state index is 0. The molecule has 1 atom stereocenters. The van der Waals surface area contributed by atoms with E-state index in [9.17, 15) is 8.78 Å². The third-order valence-corrected chi connectivity index (χ3v) is 3.99. The molecule has 0 aromatic heterocycles. The largest absolute Gasteiger partial charge is 0.314 e. The Bertz CT molecular complexity index is 420. The number of hydrogen-bond donors (Lipinski definition) is 1. The molecule has 122 valence electrons. The first-order valence-corrected chi connectivity index (χ1v) is 7.52. The Morgan fingerprint density at radius 2 is 1.71 bits per heavy atom. The normalized spacial score (nSPS) is 16.8. The molecule has 7 heteroatoms. The Kier molecular flexibility index (Phi) is 9.98. The van der Waals surface area contributed by atoms with Gasteiger partial charge in [-0.25, -0.2) is 8.78 Å². The Balaban J connectivity index is 0.00000200. The van der Waals surface area contributed by atoms with Gasteiger partial charge >= 0.3 is 0 Å². The van der Waals surface area contributed by atoms with Crippen LogP contribution < -0.4 is 5.32 Å². The Hall–Kier alpha value is 0.0600. The van der Waals surface area contributed by atoms with Gasteiger partial charge in [-0.15, -0.1) is 24.8 Å². The second-order valence-corrected chi connectivity index (χ2v) is 5.79. The molecule has 1 heterocycles. The Morgan fingerprint density at radius 3 is 2.19 bits per heavy atom. The van der Waals surface area contributed by atoms with Gasteiger partial charge in [0.25, 0.3) is 0 Å². The molecule has 1 aliphatic heterocycles. The lowest BCUT2D eigenvalue weighted by Crippen LogP contribution is -2.45.